The van der Waals surface area contributed by atoms with E-state index in [1.165, 1.54) is 30.9 Å². The van der Waals surface area contributed by atoms with Gasteiger partial charge in [0.25, 0.3) is 0 Å². The van der Waals surface area contributed by atoms with Gasteiger partial charge in [-0.2, -0.15) is 0 Å². The molecule has 1 aliphatic heterocycles. The van der Waals surface area contributed by atoms with Crippen LogP contribution in [0.2, 0.25) is 0 Å². The van der Waals surface area contributed by atoms with Crippen molar-refractivity contribution in [1.82, 2.24) is 4.98 Å². The molecule has 0 N–H and O–H groups in total. The van der Waals surface area contributed by atoms with Crippen LogP contribution in [0.15, 0.2) is 46.7 Å². The summed E-state index contributed by atoms with van der Waals surface area (Å²) in [7, 11) is -0.404. The van der Waals surface area contributed by atoms with Gasteiger partial charge in [0.2, 0.25) is 0 Å². The Morgan fingerprint density at radius 2 is 1.67 bits per heavy atom. The van der Waals surface area contributed by atoms with E-state index in [1.54, 1.807) is 29.5 Å². The van der Waals surface area contributed by atoms with Crippen LogP contribution in [0.1, 0.15) is 35.2 Å². The van der Waals surface area contributed by atoms with E-state index in [-0.39, 0.29) is 4.90 Å². The molecule has 8 heteroatoms. The lowest BCUT2D eigenvalue weighted by molar-refractivity contribution is 0.354. The summed E-state index contributed by atoms with van der Waals surface area (Å²) in [5.41, 5.74) is 4.85. The number of anilines is 1. The second kappa shape index (κ2) is 9.73. The standard InChI is InChI=1S/C25H30N2O4S2/c1-17-11-18(2)13-19(12-17)14-20-16-32-25(26-20)27-9-7-21(8-10-27)33(28,29)22-5-6-23(30-3)24(15-22)31-4/h5-6,11-13,15-16,21H,7-10,14H2,1-4H3. The predicted octanol–water partition coefficient (Wildman–Crippen LogP) is 4.81. The number of ether oxygens (including phenoxy) is 2. The Balaban J connectivity index is 1.42. The van der Waals surface area contributed by atoms with Crippen molar-refractivity contribution in [3.05, 3.63) is 64.2 Å². The molecule has 0 bridgehead atoms. The average molecular weight is 487 g/mol. The van der Waals surface area contributed by atoms with Crippen LogP contribution in [-0.2, 0) is 16.3 Å². The van der Waals surface area contributed by atoms with Crippen molar-refractivity contribution < 1.29 is 17.9 Å². The number of hydrogen-bond acceptors (Lipinski definition) is 7. The second-order valence-corrected chi connectivity index (χ2v) is 11.6. The average Bonchev–Trinajstić information content (AvgIpc) is 3.26. The molecular formula is C25H30N2O4S2. The third-order valence-corrected chi connectivity index (χ3v) is 9.25. The summed E-state index contributed by atoms with van der Waals surface area (Å²) in [5.74, 6) is 0.946. The van der Waals surface area contributed by atoms with Crippen molar-refractivity contribution in [2.24, 2.45) is 0 Å². The summed E-state index contributed by atoms with van der Waals surface area (Å²) in [6.45, 7) is 5.58. The molecule has 0 atom stereocenters. The summed E-state index contributed by atoms with van der Waals surface area (Å²) in [6.07, 6.45) is 1.95. The predicted molar refractivity (Wildman–Crippen MR) is 133 cm³/mol. The highest BCUT2D eigenvalue weighted by Crippen LogP contribution is 2.34. The molecule has 0 amide bonds. The van der Waals surface area contributed by atoms with Crippen LogP contribution >= 0.6 is 11.3 Å². The molecule has 1 aromatic heterocycles. The van der Waals surface area contributed by atoms with E-state index in [0.29, 0.717) is 37.4 Å². The molecule has 0 spiro atoms. The van der Waals surface area contributed by atoms with Crippen molar-refractivity contribution >= 4 is 26.3 Å². The third kappa shape index (κ3) is 5.17. The van der Waals surface area contributed by atoms with Gasteiger partial charge < -0.3 is 14.4 Å². The van der Waals surface area contributed by atoms with Gasteiger partial charge in [0, 0.05) is 31.0 Å². The van der Waals surface area contributed by atoms with Crippen LogP contribution in [0.4, 0.5) is 5.13 Å². The molecule has 0 radical (unpaired) electrons. The van der Waals surface area contributed by atoms with Gasteiger partial charge in [-0.05, 0) is 44.4 Å². The van der Waals surface area contributed by atoms with E-state index in [2.05, 4.69) is 42.3 Å². The highest BCUT2D eigenvalue weighted by Gasteiger charge is 2.32. The van der Waals surface area contributed by atoms with E-state index in [1.807, 2.05) is 0 Å². The van der Waals surface area contributed by atoms with Crippen LogP contribution in [0.3, 0.4) is 0 Å². The van der Waals surface area contributed by atoms with E-state index >= 15 is 0 Å². The lowest BCUT2D eigenvalue weighted by Crippen LogP contribution is -2.39. The molecule has 33 heavy (non-hydrogen) atoms. The zero-order valence-electron chi connectivity index (χ0n) is 19.5. The minimum Gasteiger partial charge on any atom is -0.493 e. The zero-order chi connectivity index (χ0) is 23.6. The number of nitrogens with zero attached hydrogens (tertiary/aromatic N) is 2. The molecule has 1 aliphatic rings. The van der Waals surface area contributed by atoms with Crippen molar-refractivity contribution in [3.63, 3.8) is 0 Å². The Labute approximate surface area is 200 Å². The Morgan fingerprint density at radius 3 is 2.30 bits per heavy atom. The molecule has 176 valence electrons. The molecular weight excluding hydrogens is 456 g/mol. The monoisotopic (exact) mass is 486 g/mol. The van der Waals surface area contributed by atoms with Crippen LogP contribution in [0.25, 0.3) is 0 Å². The number of aryl methyl sites for hydroxylation is 2. The maximum Gasteiger partial charge on any atom is 0.185 e. The number of rotatable bonds is 7. The van der Waals surface area contributed by atoms with E-state index < -0.39 is 15.1 Å². The van der Waals surface area contributed by atoms with Crippen molar-refractivity contribution in [1.29, 1.82) is 0 Å². The molecule has 1 fully saturated rings. The number of hydrogen-bond donors (Lipinski definition) is 0. The molecule has 0 unspecified atom stereocenters. The van der Waals surface area contributed by atoms with E-state index in [0.717, 1.165) is 17.2 Å². The molecule has 1 saturated heterocycles. The summed E-state index contributed by atoms with van der Waals surface area (Å²) in [5, 5.41) is 2.66. The first kappa shape index (κ1) is 23.6. The zero-order valence-corrected chi connectivity index (χ0v) is 21.1. The quantitative estimate of drug-likeness (QED) is 0.477. The Bertz CT molecular complexity index is 1210. The van der Waals surface area contributed by atoms with Crippen LogP contribution in [0, 0.1) is 13.8 Å². The molecule has 4 rings (SSSR count). The first-order valence-electron chi connectivity index (χ1n) is 11.0. The lowest BCUT2D eigenvalue weighted by atomic mass is 10.0. The SMILES string of the molecule is COc1ccc(S(=O)(=O)C2CCN(c3nc(Cc4cc(C)cc(C)c4)cs3)CC2)cc1OC. The normalized spacial score (nSPS) is 15.0. The molecule has 2 heterocycles. The van der Waals surface area contributed by atoms with Gasteiger partial charge in [-0.3, -0.25) is 0 Å². The smallest absolute Gasteiger partial charge is 0.185 e. The minimum absolute atomic E-state index is 0.281. The van der Waals surface area contributed by atoms with Gasteiger partial charge in [-0.1, -0.05) is 29.3 Å². The summed E-state index contributed by atoms with van der Waals surface area (Å²) in [6, 6.07) is 11.4. The number of sulfone groups is 1. The number of piperidine rings is 1. The fourth-order valence-electron chi connectivity index (χ4n) is 4.45. The molecule has 6 nitrogen and oxygen atoms in total. The highest BCUT2D eigenvalue weighted by atomic mass is 32.2. The molecule has 0 aliphatic carbocycles. The Morgan fingerprint density at radius 1 is 1.00 bits per heavy atom. The summed E-state index contributed by atoms with van der Waals surface area (Å²) >= 11 is 1.63. The van der Waals surface area contributed by atoms with Crippen molar-refractivity contribution in [2.75, 3.05) is 32.2 Å². The van der Waals surface area contributed by atoms with Gasteiger partial charge in [-0.25, -0.2) is 13.4 Å². The number of thiazole rings is 1. The lowest BCUT2D eigenvalue weighted by Gasteiger charge is -2.31. The Hall–Kier alpha value is -2.58. The summed E-state index contributed by atoms with van der Waals surface area (Å²) in [4.78, 5) is 7.33. The van der Waals surface area contributed by atoms with Crippen LogP contribution in [0.5, 0.6) is 11.5 Å². The van der Waals surface area contributed by atoms with E-state index in [9.17, 15) is 8.42 Å². The molecule has 3 aromatic rings. The largest absolute Gasteiger partial charge is 0.493 e. The van der Waals surface area contributed by atoms with Gasteiger partial charge in [0.05, 0.1) is 30.1 Å². The second-order valence-electron chi connectivity index (χ2n) is 8.54. The summed E-state index contributed by atoms with van der Waals surface area (Å²) < 4.78 is 37.0. The number of benzene rings is 2. The topological polar surface area (TPSA) is 68.7 Å². The van der Waals surface area contributed by atoms with Gasteiger partial charge in [0.15, 0.2) is 26.5 Å². The van der Waals surface area contributed by atoms with Crippen LogP contribution < -0.4 is 14.4 Å². The minimum atomic E-state index is -3.45. The first-order valence-corrected chi connectivity index (χ1v) is 13.4. The van der Waals surface area contributed by atoms with Crippen molar-refractivity contribution in [3.8, 4) is 11.5 Å². The third-order valence-electron chi connectivity index (χ3n) is 6.04. The fourth-order valence-corrected chi connectivity index (χ4v) is 7.07. The number of methoxy groups -OCH3 is 2. The Kier molecular flexibility index (Phi) is 6.95. The van der Waals surface area contributed by atoms with Gasteiger partial charge in [-0.15, -0.1) is 11.3 Å². The highest BCUT2D eigenvalue weighted by molar-refractivity contribution is 7.92. The van der Waals surface area contributed by atoms with Crippen molar-refractivity contribution in [2.45, 2.75) is 43.3 Å². The molecule has 0 saturated carbocycles. The van der Waals surface area contributed by atoms with E-state index in [4.69, 9.17) is 14.5 Å². The maximum atomic E-state index is 13.2. The van der Waals surface area contributed by atoms with Gasteiger partial charge in [0.1, 0.15) is 0 Å². The molecule has 2 aromatic carbocycles. The van der Waals surface area contributed by atoms with Crippen LogP contribution in [-0.4, -0.2) is 46.0 Å². The fraction of sp³-hybridized carbons (Fsp3) is 0.400. The first-order chi connectivity index (χ1) is 15.8. The van der Waals surface area contributed by atoms with Gasteiger partial charge >= 0.3 is 0 Å². The maximum absolute atomic E-state index is 13.2. The number of aromatic nitrogens is 1.